The van der Waals surface area contributed by atoms with Crippen LogP contribution in [0.4, 0.5) is 0 Å². The summed E-state index contributed by atoms with van der Waals surface area (Å²) in [5, 5.41) is 1.33. The zero-order chi connectivity index (χ0) is 10.2. The Hall–Kier alpha value is 0.181. The summed E-state index contributed by atoms with van der Waals surface area (Å²) in [5.74, 6) is 0. The van der Waals surface area contributed by atoms with Crippen LogP contribution >= 0.6 is 0 Å². The van der Waals surface area contributed by atoms with Crippen molar-refractivity contribution in [2.75, 3.05) is 0 Å². The zero-order valence-electron chi connectivity index (χ0n) is 7.21. The van der Waals surface area contributed by atoms with E-state index in [1.165, 1.54) is 6.07 Å². The molecular formula is C10H10BaO3S. The molecule has 0 saturated carbocycles. The zero-order valence-corrected chi connectivity index (χ0v) is 8.03. The van der Waals surface area contributed by atoms with E-state index in [0.29, 0.717) is 5.39 Å². The van der Waals surface area contributed by atoms with Crippen LogP contribution in [0.5, 0.6) is 0 Å². The summed E-state index contributed by atoms with van der Waals surface area (Å²) >= 11 is 0. The second kappa shape index (κ2) is 5.01. The Morgan fingerprint density at radius 2 is 1.53 bits per heavy atom. The SMILES string of the molecule is O=S(=O)(O)c1cccc2ccccc12.[BaH2]. The molecule has 76 valence electrons. The molecule has 0 aliphatic heterocycles. The van der Waals surface area contributed by atoms with Crippen molar-refractivity contribution < 1.29 is 13.0 Å². The third-order valence-corrected chi connectivity index (χ3v) is 2.94. The third kappa shape index (κ3) is 2.85. The van der Waals surface area contributed by atoms with Crippen molar-refractivity contribution in [2.24, 2.45) is 0 Å². The first kappa shape index (κ1) is 13.2. The van der Waals surface area contributed by atoms with Crippen molar-refractivity contribution in [3.63, 3.8) is 0 Å². The molecule has 0 fully saturated rings. The maximum atomic E-state index is 11.0. The summed E-state index contributed by atoms with van der Waals surface area (Å²) in [4.78, 5) is -0.0457. The Morgan fingerprint density at radius 3 is 2.20 bits per heavy atom. The van der Waals surface area contributed by atoms with E-state index in [-0.39, 0.29) is 53.8 Å². The van der Waals surface area contributed by atoms with Crippen LogP contribution in [0.3, 0.4) is 0 Å². The van der Waals surface area contributed by atoms with Gasteiger partial charge in [0.25, 0.3) is 10.1 Å². The van der Waals surface area contributed by atoms with Gasteiger partial charge in [-0.3, -0.25) is 4.55 Å². The van der Waals surface area contributed by atoms with E-state index in [9.17, 15) is 8.42 Å². The molecule has 3 nitrogen and oxygen atoms in total. The predicted molar refractivity (Wildman–Crippen MR) is 62.3 cm³/mol. The number of hydrogen-bond acceptors (Lipinski definition) is 2. The molecule has 0 spiro atoms. The van der Waals surface area contributed by atoms with Crippen LogP contribution < -0.4 is 0 Å². The Balaban J connectivity index is 0.00000112. The molecule has 15 heavy (non-hydrogen) atoms. The number of benzene rings is 2. The fourth-order valence-electron chi connectivity index (χ4n) is 1.42. The molecule has 0 aromatic heterocycles. The van der Waals surface area contributed by atoms with Crippen LogP contribution in [0.1, 0.15) is 0 Å². The molecule has 0 amide bonds. The number of hydrogen-bond donors (Lipinski definition) is 1. The van der Waals surface area contributed by atoms with Crippen molar-refractivity contribution in [1.29, 1.82) is 0 Å². The molecule has 2 aromatic carbocycles. The molecule has 0 atom stereocenters. The first-order chi connectivity index (χ1) is 6.59. The van der Waals surface area contributed by atoms with Crippen molar-refractivity contribution in [2.45, 2.75) is 4.90 Å². The van der Waals surface area contributed by atoms with E-state index in [4.69, 9.17) is 4.55 Å². The standard InChI is InChI=1S/C10H8O3S.Ba.2H/c11-14(12,13)10-7-3-5-8-4-1-2-6-9(8)10;;;/h1-7H,(H,11,12,13);;;. The monoisotopic (exact) mass is 348 g/mol. The van der Waals surface area contributed by atoms with E-state index in [2.05, 4.69) is 0 Å². The first-order valence-corrected chi connectivity index (χ1v) is 5.48. The third-order valence-electron chi connectivity index (χ3n) is 2.03. The van der Waals surface area contributed by atoms with E-state index < -0.39 is 10.1 Å². The van der Waals surface area contributed by atoms with Gasteiger partial charge in [0, 0.05) is 5.39 Å². The van der Waals surface area contributed by atoms with Crippen LogP contribution in [0.2, 0.25) is 0 Å². The summed E-state index contributed by atoms with van der Waals surface area (Å²) in [7, 11) is -4.13. The molecule has 0 bridgehead atoms. The summed E-state index contributed by atoms with van der Waals surface area (Å²) < 4.78 is 31.0. The fraction of sp³-hybridized carbons (Fsp3) is 0. The fourth-order valence-corrected chi connectivity index (χ4v) is 2.13. The summed E-state index contributed by atoms with van der Waals surface area (Å²) in [6, 6.07) is 11.8. The van der Waals surface area contributed by atoms with Gasteiger partial charge in [-0.25, -0.2) is 0 Å². The number of fused-ring (bicyclic) bond motifs is 1. The van der Waals surface area contributed by atoms with Crippen LogP contribution in [0, 0.1) is 0 Å². The normalized spacial score (nSPS) is 11.0. The average molecular weight is 348 g/mol. The van der Waals surface area contributed by atoms with Crippen molar-refractivity contribution in [1.82, 2.24) is 0 Å². The van der Waals surface area contributed by atoms with Gasteiger partial charge in [-0.1, -0.05) is 36.4 Å². The minimum atomic E-state index is -4.13. The molecule has 0 unspecified atom stereocenters. The van der Waals surface area contributed by atoms with E-state index in [1.54, 1.807) is 30.3 Å². The molecule has 1 N–H and O–H groups in total. The van der Waals surface area contributed by atoms with Gasteiger partial charge in [0.05, 0.1) is 0 Å². The van der Waals surface area contributed by atoms with Crippen LogP contribution in [-0.2, 0) is 10.1 Å². The van der Waals surface area contributed by atoms with E-state index >= 15 is 0 Å². The van der Waals surface area contributed by atoms with Gasteiger partial charge >= 0.3 is 48.9 Å². The Kier molecular flexibility index (Phi) is 4.42. The van der Waals surface area contributed by atoms with Crippen LogP contribution in [-0.4, -0.2) is 61.9 Å². The van der Waals surface area contributed by atoms with Gasteiger partial charge < -0.3 is 0 Å². The molecule has 5 heteroatoms. The molecule has 0 aliphatic carbocycles. The molecule has 0 radical (unpaired) electrons. The Bertz CT molecular complexity index is 573. The van der Waals surface area contributed by atoms with Gasteiger partial charge in [-0.15, -0.1) is 0 Å². The topological polar surface area (TPSA) is 54.4 Å². The van der Waals surface area contributed by atoms with Gasteiger partial charge in [-0.2, -0.15) is 8.42 Å². The van der Waals surface area contributed by atoms with Crippen molar-refractivity contribution in [3.05, 3.63) is 42.5 Å². The average Bonchev–Trinajstić information content (AvgIpc) is 2.15. The second-order valence-electron chi connectivity index (χ2n) is 2.95. The number of rotatable bonds is 1. The second-order valence-corrected chi connectivity index (χ2v) is 4.34. The van der Waals surface area contributed by atoms with E-state index in [0.717, 1.165) is 5.39 Å². The van der Waals surface area contributed by atoms with Crippen molar-refractivity contribution >= 4 is 69.8 Å². The summed E-state index contributed by atoms with van der Waals surface area (Å²) in [5.41, 5.74) is 0. The Labute approximate surface area is 128 Å². The van der Waals surface area contributed by atoms with Gasteiger partial charge in [0.15, 0.2) is 0 Å². The van der Waals surface area contributed by atoms with Gasteiger partial charge in [0.2, 0.25) is 0 Å². The Morgan fingerprint density at radius 1 is 0.933 bits per heavy atom. The predicted octanol–water partition coefficient (Wildman–Crippen LogP) is 1.17. The summed E-state index contributed by atoms with van der Waals surface area (Å²) in [6.07, 6.45) is 0. The van der Waals surface area contributed by atoms with Gasteiger partial charge in [0.1, 0.15) is 4.90 Å². The first-order valence-electron chi connectivity index (χ1n) is 4.04. The van der Waals surface area contributed by atoms with E-state index in [1.807, 2.05) is 6.07 Å². The molecule has 0 aliphatic rings. The van der Waals surface area contributed by atoms with Crippen molar-refractivity contribution in [3.8, 4) is 0 Å². The van der Waals surface area contributed by atoms with Crippen LogP contribution in [0.25, 0.3) is 10.8 Å². The minimum absolute atomic E-state index is 0. The maximum absolute atomic E-state index is 11.0. The quantitative estimate of drug-likeness (QED) is 0.622. The molecular weight excluding hydrogens is 338 g/mol. The molecule has 2 aromatic rings. The molecule has 2 rings (SSSR count). The summed E-state index contributed by atoms with van der Waals surface area (Å²) in [6.45, 7) is 0. The molecule has 0 saturated heterocycles. The van der Waals surface area contributed by atoms with Crippen LogP contribution in [0.15, 0.2) is 47.4 Å². The van der Waals surface area contributed by atoms with Gasteiger partial charge in [-0.05, 0) is 11.5 Å². The molecule has 0 heterocycles.